The molecule has 0 aromatic heterocycles. The van der Waals surface area contributed by atoms with E-state index in [0.717, 1.165) is 37.5 Å². The number of hydrogen-bond acceptors (Lipinski definition) is 7. The molecule has 1 aliphatic carbocycles. The fourth-order valence-electron chi connectivity index (χ4n) is 6.56. The number of nitrogens with one attached hydrogen (secondary N) is 3. The molecule has 254 valence electrons. The van der Waals surface area contributed by atoms with Gasteiger partial charge in [0.25, 0.3) is 0 Å². The second-order valence-corrected chi connectivity index (χ2v) is 16.7. The summed E-state index contributed by atoms with van der Waals surface area (Å²) in [5.41, 5.74) is 0.496. The quantitative estimate of drug-likeness (QED) is 0.238. The number of likely N-dealkylation sites (tertiary alicyclic amines) is 1. The number of piperidine rings is 1. The number of benzene rings is 2. The van der Waals surface area contributed by atoms with Crippen LogP contribution in [-0.4, -0.2) is 85.1 Å². The van der Waals surface area contributed by atoms with Crippen LogP contribution in [0.25, 0.3) is 0 Å². The molecular formula is C34H49FN4O5S2. The molecule has 0 unspecified atom stereocenters. The minimum absolute atomic E-state index is 0.0531. The molecule has 2 amide bonds. The van der Waals surface area contributed by atoms with Crippen LogP contribution in [0.5, 0.6) is 0 Å². The van der Waals surface area contributed by atoms with Crippen LogP contribution in [0.2, 0.25) is 0 Å². The van der Waals surface area contributed by atoms with Crippen molar-refractivity contribution < 1.29 is 27.5 Å². The van der Waals surface area contributed by atoms with Crippen molar-refractivity contribution in [2.75, 3.05) is 25.1 Å². The average Bonchev–Trinajstić information content (AvgIpc) is 2.98. The van der Waals surface area contributed by atoms with Crippen molar-refractivity contribution in [3.63, 3.8) is 0 Å². The monoisotopic (exact) mass is 676 g/mol. The first kappa shape index (κ1) is 36.3. The Morgan fingerprint density at radius 1 is 1.04 bits per heavy atom. The fourth-order valence-corrected chi connectivity index (χ4v) is 8.30. The summed E-state index contributed by atoms with van der Waals surface area (Å²) >= 11 is 1.22. The number of halogens is 1. The van der Waals surface area contributed by atoms with Gasteiger partial charge in [0.15, 0.2) is 0 Å². The van der Waals surface area contributed by atoms with Crippen molar-refractivity contribution in [1.29, 1.82) is 0 Å². The molecule has 6 atom stereocenters. The zero-order valence-corrected chi connectivity index (χ0v) is 28.9. The number of thioether (sulfide) groups is 1. The van der Waals surface area contributed by atoms with Gasteiger partial charge in [-0.2, -0.15) is 0 Å². The maximum absolute atomic E-state index is 13.7. The maximum atomic E-state index is 13.7. The number of β-amino-alcohol motifs (C(OH)–C–C–N with tert-alkyl or cyclic N) is 1. The number of amides is 2. The summed E-state index contributed by atoms with van der Waals surface area (Å²) in [6.07, 6.45) is 5.52. The zero-order chi connectivity index (χ0) is 33.5. The van der Waals surface area contributed by atoms with Gasteiger partial charge in [0, 0.05) is 29.3 Å². The molecule has 2 aromatic rings. The summed E-state index contributed by atoms with van der Waals surface area (Å²) in [5.74, 6) is -0.0389. The molecule has 46 heavy (non-hydrogen) atoms. The van der Waals surface area contributed by atoms with Gasteiger partial charge in [0.05, 0.1) is 24.4 Å². The lowest BCUT2D eigenvalue weighted by atomic mass is 9.72. The highest BCUT2D eigenvalue weighted by molar-refractivity contribution is 7.99. The molecule has 1 saturated heterocycles. The van der Waals surface area contributed by atoms with Crippen molar-refractivity contribution >= 4 is 33.6 Å². The van der Waals surface area contributed by atoms with E-state index < -0.39 is 51.5 Å². The van der Waals surface area contributed by atoms with E-state index in [1.165, 1.54) is 30.3 Å². The molecule has 2 aliphatic rings. The van der Waals surface area contributed by atoms with Gasteiger partial charge in [-0.05, 0) is 81.7 Å². The molecule has 9 nitrogen and oxygen atoms in total. The van der Waals surface area contributed by atoms with Gasteiger partial charge in [-0.25, -0.2) is 17.5 Å². The first-order valence-corrected chi connectivity index (χ1v) is 19.0. The standard InChI is InChI=1S/C34H49FN4O5S2/c1-34(2,3)37-33(42)30-19-24-12-8-9-13-25(24)20-39(30)21-31(40)28(18-23-10-6-5-7-11-23)36-32(41)29(38-46(4,43)44)22-45-27-16-14-26(35)15-17-27/h5-7,10-11,14-17,24-25,28-31,38,40H,8-9,12-13,18-22H2,1-4H3,(H,36,41)(H,37,42)/t24-,25+,28-,29+,30-,31+/m0/s1. The van der Waals surface area contributed by atoms with Gasteiger partial charge < -0.3 is 15.7 Å². The lowest BCUT2D eigenvalue weighted by Crippen LogP contribution is -2.61. The van der Waals surface area contributed by atoms with Crippen molar-refractivity contribution in [2.24, 2.45) is 11.8 Å². The van der Waals surface area contributed by atoms with E-state index in [-0.39, 0.29) is 18.2 Å². The van der Waals surface area contributed by atoms with Crippen LogP contribution >= 0.6 is 11.8 Å². The molecular weight excluding hydrogens is 628 g/mol. The summed E-state index contributed by atoms with van der Waals surface area (Å²) in [4.78, 5) is 30.0. The number of carbonyl (C=O) groups excluding carboxylic acids is 2. The lowest BCUT2D eigenvalue weighted by Gasteiger charge is -2.47. The predicted octanol–water partition coefficient (Wildman–Crippen LogP) is 3.72. The Hall–Kier alpha value is -2.51. The third kappa shape index (κ3) is 11.3. The van der Waals surface area contributed by atoms with E-state index in [1.54, 1.807) is 12.1 Å². The highest BCUT2D eigenvalue weighted by Crippen LogP contribution is 2.39. The van der Waals surface area contributed by atoms with Crippen LogP contribution in [-0.2, 0) is 26.0 Å². The minimum Gasteiger partial charge on any atom is -0.390 e. The summed E-state index contributed by atoms with van der Waals surface area (Å²) in [5, 5.41) is 17.9. The Bertz CT molecular complexity index is 1400. The van der Waals surface area contributed by atoms with Gasteiger partial charge in [0.2, 0.25) is 21.8 Å². The maximum Gasteiger partial charge on any atom is 0.239 e. The first-order valence-electron chi connectivity index (χ1n) is 16.1. The van der Waals surface area contributed by atoms with Crippen molar-refractivity contribution in [3.05, 3.63) is 66.0 Å². The molecule has 0 bridgehead atoms. The number of rotatable bonds is 13. The Morgan fingerprint density at radius 3 is 2.33 bits per heavy atom. The number of nitrogens with zero attached hydrogens (tertiary/aromatic N) is 1. The van der Waals surface area contributed by atoms with Crippen molar-refractivity contribution in [1.82, 2.24) is 20.3 Å². The Balaban J connectivity index is 1.54. The molecule has 1 heterocycles. The van der Waals surface area contributed by atoms with Crippen molar-refractivity contribution in [2.45, 2.75) is 94.0 Å². The van der Waals surface area contributed by atoms with Crippen molar-refractivity contribution in [3.8, 4) is 0 Å². The number of sulfonamides is 1. The van der Waals surface area contributed by atoms with E-state index >= 15 is 0 Å². The average molecular weight is 677 g/mol. The number of aliphatic hydroxyl groups excluding tert-OH is 1. The Morgan fingerprint density at radius 2 is 1.70 bits per heavy atom. The Labute approximate surface area is 277 Å². The molecule has 12 heteroatoms. The van der Waals surface area contributed by atoms with Gasteiger partial charge >= 0.3 is 0 Å². The molecule has 2 fully saturated rings. The summed E-state index contributed by atoms with van der Waals surface area (Å²) in [7, 11) is -3.76. The highest BCUT2D eigenvalue weighted by Gasteiger charge is 2.42. The van der Waals surface area contributed by atoms with E-state index in [2.05, 4.69) is 20.3 Å². The minimum atomic E-state index is -3.76. The first-order chi connectivity index (χ1) is 21.7. The number of hydrogen-bond donors (Lipinski definition) is 4. The van der Waals surface area contributed by atoms with Gasteiger partial charge in [-0.3, -0.25) is 14.5 Å². The highest BCUT2D eigenvalue weighted by atomic mass is 32.2. The molecule has 1 saturated carbocycles. The molecule has 0 radical (unpaired) electrons. The van der Waals surface area contributed by atoms with Crippen LogP contribution in [0.3, 0.4) is 0 Å². The van der Waals surface area contributed by atoms with Crippen LogP contribution in [0.1, 0.15) is 58.4 Å². The van der Waals surface area contributed by atoms with Crippen LogP contribution < -0.4 is 15.4 Å². The van der Waals surface area contributed by atoms with Gasteiger partial charge in [-0.1, -0.05) is 49.6 Å². The topological polar surface area (TPSA) is 128 Å². The van der Waals surface area contributed by atoms with Gasteiger partial charge in [0.1, 0.15) is 11.9 Å². The lowest BCUT2D eigenvalue weighted by molar-refractivity contribution is -0.133. The smallest absolute Gasteiger partial charge is 0.239 e. The molecule has 4 N–H and O–H groups in total. The molecule has 2 aromatic carbocycles. The SMILES string of the molecule is CC(C)(C)NC(=O)[C@@H]1C[C@@H]2CCCC[C@@H]2CN1C[C@@H](O)[C@H](Cc1ccccc1)NC(=O)[C@@H](CSc1ccc(F)cc1)NS(C)(=O)=O. The fraction of sp³-hybridized carbons (Fsp3) is 0.588. The van der Waals surface area contributed by atoms with Crippen LogP contribution in [0, 0.1) is 17.7 Å². The third-order valence-corrected chi connectivity index (χ3v) is 10.5. The van der Waals surface area contributed by atoms with Crippen LogP contribution in [0.4, 0.5) is 4.39 Å². The van der Waals surface area contributed by atoms with Gasteiger partial charge in [-0.15, -0.1) is 11.8 Å². The van der Waals surface area contributed by atoms with Crippen LogP contribution in [0.15, 0.2) is 59.5 Å². The summed E-state index contributed by atoms with van der Waals surface area (Å²) in [6.45, 7) is 6.74. The second kappa shape index (κ2) is 16.1. The predicted molar refractivity (Wildman–Crippen MR) is 180 cm³/mol. The number of fused-ring (bicyclic) bond motifs is 1. The number of aliphatic hydroxyl groups is 1. The normalized spacial score (nSPS) is 22.7. The van der Waals surface area contributed by atoms with E-state index in [4.69, 9.17) is 0 Å². The van der Waals surface area contributed by atoms with E-state index in [1.807, 2.05) is 51.1 Å². The largest absolute Gasteiger partial charge is 0.390 e. The second-order valence-electron chi connectivity index (χ2n) is 13.8. The number of carbonyl (C=O) groups is 2. The molecule has 4 rings (SSSR count). The molecule has 1 aliphatic heterocycles. The summed E-state index contributed by atoms with van der Waals surface area (Å²) < 4.78 is 40.3. The molecule has 0 spiro atoms. The van der Waals surface area contributed by atoms with E-state index in [9.17, 15) is 27.5 Å². The Kier molecular flexibility index (Phi) is 12.7. The van der Waals surface area contributed by atoms with E-state index in [0.29, 0.717) is 29.7 Å². The summed E-state index contributed by atoms with van der Waals surface area (Å²) in [6, 6.07) is 12.9. The third-order valence-electron chi connectivity index (χ3n) is 8.72. The zero-order valence-electron chi connectivity index (χ0n) is 27.2.